The van der Waals surface area contributed by atoms with Gasteiger partial charge in [-0.05, 0) is 18.1 Å². The Morgan fingerprint density at radius 1 is 1.42 bits per heavy atom. The standard InChI is InChI=1S/C10H17NO/c1-5-8-6-7-12-11-9(8)10(2,3)4/h6-7,11H,5H2,1-4H3. The summed E-state index contributed by atoms with van der Waals surface area (Å²) in [6, 6.07) is 0. The second-order valence-electron chi connectivity index (χ2n) is 4.03. The van der Waals surface area contributed by atoms with Gasteiger partial charge in [0.25, 0.3) is 0 Å². The molecule has 0 atom stereocenters. The summed E-state index contributed by atoms with van der Waals surface area (Å²) in [7, 11) is 0. The van der Waals surface area contributed by atoms with Crippen LogP contribution in [0.4, 0.5) is 0 Å². The zero-order valence-corrected chi connectivity index (χ0v) is 8.27. The molecular formula is C10H17NO. The SMILES string of the molecule is CCC1=C(C(C)(C)C)NOC=C1. The third kappa shape index (κ3) is 1.81. The van der Waals surface area contributed by atoms with Crippen molar-refractivity contribution in [1.29, 1.82) is 0 Å². The van der Waals surface area contributed by atoms with E-state index in [1.54, 1.807) is 6.26 Å². The van der Waals surface area contributed by atoms with E-state index in [0.717, 1.165) is 6.42 Å². The fourth-order valence-electron chi connectivity index (χ4n) is 1.29. The summed E-state index contributed by atoms with van der Waals surface area (Å²) in [5.41, 5.74) is 5.60. The van der Waals surface area contributed by atoms with Crippen LogP contribution in [0.25, 0.3) is 0 Å². The van der Waals surface area contributed by atoms with E-state index >= 15 is 0 Å². The smallest absolute Gasteiger partial charge is 0.119 e. The number of rotatable bonds is 1. The Balaban J connectivity index is 2.96. The molecule has 0 unspecified atom stereocenters. The van der Waals surface area contributed by atoms with Gasteiger partial charge in [-0.3, -0.25) is 0 Å². The molecular weight excluding hydrogens is 150 g/mol. The van der Waals surface area contributed by atoms with Crippen molar-refractivity contribution in [2.24, 2.45) is 5.41 Å². The van der Waals surface area contributed by atoms with Crippen LogP contribution in [-0.2, 0) is 4.84 Å². The fourth-order valence-corrected chi connectivity index (χ4v) is 1.29. The van der Waals surface area contributed by atoms with Crippen LogP contribution in [0.3, 0.4) is 0 Å². The second kappa shape index (κ2) is 3.21. The van der Waals surface area contributed by atoms with Crippen molar-refractivity contribution < 1.29 is 4.84 Å². The minimum absolute atomic E-state index is 0.135. The first kappa shape index (κ1) is 9.17. The summed E-state index contributed by atoms with van der Waals surface area (Å²) in [4.78, 5) is 5.05. The highest BCUT2D eigenvalue weighted by molar-refractivity contribution is 5.28. The average molecular weight is 167 g/mol. The molecule has 0 aromatic carbocycles. The van der Waals surface area contributed by atoms with Crippen molar-refractivity contribution in [3.63, 3.8) is 0 Å². The number of hydroxylamine groups is 1. The van der Waals surface area contributed by atoms with E-state index in [1.165, 1.54) is 11.3 Å². The lowest BCUT2D eigenvalue weighted by Gasteiger charge is -2.27. The molecule has 0 aromatic rings. The van der Waals surface area contributed by atoms with Gasteiger partial charge in [0, 0.05) is 5.41 Å². The Kier molecular flexibility index (Phi) is 2.46. The Morgan fingerprint density at radius 2 is 2.08 bits per heavy atom. The summed E-state index contributed by atoms with van der Waals surface area (Å²) < 4.78 is 0. The van der Waals surface area contributed by atoms with Crippen LogP contribution in [0.1, 0.15) is 34.1 Å². The molecule has 0 fully saturated rings. The summed E-state index contributed by atoms with van der Waals surface area (Å²) in [6.45, 7) is 8.67. The van der Waals surface area contributed by atoms with Crippen LogP contribution in [-0.4, -0.2) is 0 Å². The molecule has 0 aromatic heterocycles. The molecule has 0 bridgehead atoms. The van der Waals surface area contributed by atoms with Gasteiger partial charge in [0.05, 0.1) is 5.70 Å². The van der Waals surface area contributed by atoms with E-state index in [2.05, 4.69) is 33.2 Å². The van der Waals surface area contributed by atoms with Crippen LogP contribution in [0.5, 0.6) is 0 Å². The summed E-state index contributed by atoms with van der Waals surface area (Å²) in [6.07, 6.45) is 4.75. The third-order valence-corrected chi connectivity index (χ3v) is 1.95. The van der Waals surface area contributed by atoms with Crippen molar-refractivity contribution >= 4 is 0 Å². The molecule has 1 rings (SSSR count). The van der Waals surface area contributed by atoms with Crippen molar-refractivity contribution in [3.05, 3.63) is 23.6 Å². The zero-order valence-electron chi connectivity index (χ0n) is 8.27. The van der Waals surface area contributed by atoms with Gasteiger partial charge >= 0.3 is 0 Å². The second-order valence-corrected chi connectivity index (χ2v) is 4.03. The fraction of sp³-hybridized carbons (Fsp3) is 0.600. The van der Waals surface area contributed by atoms with Crippen molar-refractivity contribution in [2.75, 3.05) is 0 Å². The number of hydrogen-bond acceptors (Lipinski definition) is 2. The van der Waals surface area contributed by atoms with Gasteiger partial charge in [-0.2, -0.15) is 0 Å². The molecule has 1 N–H and O–H groups in total. The lowest BCUT2D eigenvalue weighted by molar-refractivity contribution is 0.134. The maximum absolute atomic E-state index is 5.05. The van der Waals surface area contributed by atoms with Gasteiger partial charge in [-0.25, -0.2) is 5.48 Å². The van der Waals surface area contributed by atoms with Crippen LogP contribution >= 0.6 is 0 Å². The summed E-state index contributed by atoms with van der Waals surface area (Å²) >= 11 is 0. The Bertz CT molecular complexity index is 220. The van der Waals surface area contributed by atoms with Gasteiger partial charge in [0.1, 0.15) is 6.26 Å². The highest BCUT2D eigenvalue weighted by atomic mass is 16.6. The first-order valence-corrected chi connectivity index (χ1v) is 4.37. The minimum atomic E-state index is 0.135. The highest BCUT2D eigenvalue weighted by Gasteiger charge is 2.21. The van der Waals surface area contributed by atoms with E-state index in [-0.39, 0.29) is 5.41 Å². The normalized spacial score (nSPS) is 17.3. The number of allylic oxidation sites excluding steroid dienone is 3. The molecule has 1 heterocycles. The summed E-state index contributed by atoms with van der Waals surface area (Å²) in [5, 5.41) is 0. The van der Waals surface area contributed by atoms with Crippen LogP contribution in [0.2, 0.25) is 0 Å². The lowest BCUT2D eigenvalue weighted by Crippen LogP contribution is -2.26. The van der Waals surface area contributed by atoms with E-state index < -0.39 is 0 Å². The molecule has 2 heteroatoms. The van der Waals surface area contributed by atoms with Gasteiger partial charge in [-0.1, -0.05) is 27.7 Å². The molecule has 0 amide bonds. The van der Waals surface area contributed by atoms with Crippen molar-refractivity contribution in [3.8, 4) is 0 Å². The predicted molar refractivity (Wildman–Crippen MR) is 50.1 cm³/mol. The summed E-state index contributed by atoms with van der Waals surface area (Å²) in [5.74, 6) is 0. The van der Waals surface area contributed by atoms with Gasteiger partial charge < -0.3 is 4.84 Å². The molecule has 0 radical (unpaired) electrons. The van der Waals surface area contributed by atoms with E-state index in [1.807, 2.05) is 6.08 Å². The van der Waals surface area contributed by atoms with E-state index in [9.17, 15) is 0 Å². The quantitative estimate of drug-likeness (QED) is 0.648. The van der Waals surface area contributed by atoms with Gasteiger partial charge in [0.15, 0.2) is 0 Å². The van der Waals surface area contributed by atoms with Crippen molar-refractivity contribution in [2.45, 2.75) is 34.1 Å². The first-order valence-electron chi connectivity index (χ1n) is 4.37. The van der Waals surface area contributed by atoms with Gasteiger partial charge in [0.2, 0.25) is 0 Å². The monoisotopic (exact) mass is 167 g/mol. The lowest BCUT2D eigenvalue weighted by atomic mass is 9.88. The van der Waals surface area contributed by atoms with Crippen LogP contribution in [0, 0.1) is 5.41 Å². The maximum Gasteiger partial charge on any atom is 0.119 e. The topological polar surface area (TPSA) is 21.3 Å². The molecule has 1 aliphatic rings. The molecule has 0 aliphatic carbocycles. The van der Waals surface area contributed by atoms with E-state index in [4.69, 9.17) is 4.84 Å². The molecule has 12 heavy (non-hydrogen) atoms. The number of hydrogen-bond donors (Lipinski definition) is 1. The molecule has 0 spiro atoms. The first-order chi connectivity index (χ1) is 5.55. The molecule has 0 saturated heterocycles. The number of nitrogens with one attached hydrogen (secondary N) is 1. The Hall–Kier alpha value is -0.920. The Morgan fingerprint density at radius 3 is 2.50 bits per heavy atom. The Labute approximate surface area is 74.3 Å². The molecule has 68 valence electrons. The predicted octanol–water partition coefficient (Wildman–Crippen LogP) is 2.75. The van der Waals surface area contributed by atoms with Crippen molar-refractivity contribution in [1.82, 2.24) is 5.48 Å². The molecule has 1 aliphatic heterocycles. The average Bonchev–Trinajstić information content (AvgIpc) is 2.03. The third-order valence-electron chi connectivity index (χ3n) is 1.95. The largest absolute Gasteiger partial charge is 0.390 e. The van der Waals surface area contributed by atoms with E-state index in [0.29, 0.717) is 0 Å². The van der Waals surface area contributed by atoms with Crippen LogP contribution in [0.15, 0.2) is 23.6 Å². The zero-order chi connectivity index (χ0) is 9.19. The minimum Gasteiger partial charge on any atom is -0.390 e. The van der Waals surface area contributed by atoms with Crippen LogP contribution < -0.4 is 5.48 Å². The van der Waals surface area contributed by atoms with Gasteiger partial charge in [-0.15, -0.1) is 0 Å². The molecule has 2 nitrogen and oxygen atoms in total. The molecule has 0 saturated carbocycles. The maximum atomic E-state index is 5.05. The highest BCUT2D eigenvalue weighted by Crippen LogP contribution is 2.29.